The summed E-state index contributed by atoms with van der Waals surface area (Å²) >= 11 is 0. The van der Waals surface area contributed by atoms with Crippen molar-refractivity contribution in [2.75, 3.05) is 0 Å². The van der Waals surface area contributed by atoms with E-state index in [9.17, 15) is 9.59 Å². The van der Waals surface area contributed by atoms with Gasteiger partial charge in [0.15, 0.2) is 0 Å². The molecule has 0 aliphatic rings. The molecule has 0 aliphatic heterocycles. The van der Waals surface area contributed by atoms with Crippen LogP contribution in [0.2, 0.25) is 0 Å². The number of benzene rings is 1. The van der Waals surface area contributed by atoms with Gasteiger partial charge >= 0.3 is 0 Å². The third-order valence-corrected chi connectivity index (χ3v) is 4.55. The van der Waals surface area contributed by atoms with Crippen LogP contribution in [0.15, 0.2) is 47.4 Å². The third kappa shape index (κ3) is 3.82. The summed E-state index contributed by atoms with van der Waals surface area (Å²) in [6.07, 6.45) is 2.96. The second kappa shape index (κ2) is 7.38. The number of hydrogen-bond donors (Lipinski definition) is 2. The van der Waals surface area contributed by atoms with Gasteiger partial charge in [-0.1, -0.05) is 19.1 Å². The maximum atomic E-state index is 12.0. The number of aryl methyl sites for hydroxylation is 3. The van der Waals surface area contributed by atoms with Crippen LogP contribution < -0.4 is 10.9 Å². The molecule has 0 spiro atoms. The standard InChI is InChI=1S/C20H23N3O2/c1-3-17-14(2)16-12-15(7-8-18(16)22-17)13-21-19(24)9-11-23-10-5-4-6-20(23)25/h4-8,10,12,22H,3,9,11,13H2,1-2H3,(H,21,24). The van der Waals surface area contributed by atoms with E-state index in [1.165, 1.54) is 22.7 Å². The van der Waals surface area contributed by atoms with Crippen LogP contribution in [0.1, 0.15) is 30.2 Å². The van der Waals surface area contributed by atoms with E-state index in [2.05, 4.69) is 36.3 Å². The monoisotopic (exact) mass is 337 g/mol. The third-order valence-electron chi connectivity index (χ3n) is 4.55. The van der Waals surface area contributed by atoms with Crippen molar-refractivity contribution >= 4 is 16.8 Å². The van der Waals surface area contributed by atoms with Crippen molar-refractivity contribution in [3.63, 3.8) is 0 Å². The number of H-pyrrole nitrogens is 1. The summed E-state index contributed by atoms with van der Waals surface area (Å²) in [6.45, 7) is 5.14. The number of fused-ring (bicyclic) bond motifs is 1. The number of rotatable bonds is 6. The zero-order chi connectivity index (χ0) is 17.8. The highest BCUT2D eigenvalue weighted by molar-refractivity contribution is 5.85. The van der Waals surface area contributed by atoms with Crippen LogP contribution in [0.5, 0.6) is 0 Å². The van der Waals surface area contributed by atoms with Gasteiger partial charge in [-0.05, 0) is 42.7 Å². The molecule has 25 heavy (non-hydrogen) atoms. The maximum absolute atomic E-state index is 12.0. The lowest BCUT2D eigenvalue weighted by Gasteiger charge is -2.07. The number of hydrogen-bond acceptors (Lipinski definition) is 2. The predicted molar refractivity (Wildman–Crippen MR) is 99.6 cm³/mol. The molecule has 0 saturated heterocycles. The minimum absolute atomic E-state index is 0.0594. The van der Waals surface area contributed by atoms with E-state index in [0.29, 0.717) is 13.1 Å². The number of nitrogens with one attached hydrogen (secondary N) is 2. The van der Waals surface area contributed by atoms with Gasteiger partial charge in [0.05, 0.1) is 0 Å². The van der Waals surface area contributed by atoms with Gasteiger partial charge in [0, 0.05) is 48.4 Å². The largest absolute Gasteiger partial charge is 0.358 e. The second-order valence-corrected chi connectivity index (χ2v) is 6.22. The number of aromatic amines is 1. The molecule has 3 aromatic rings. The normalized spacial score (nSPS) is 11.0. The molecule has 1 aromatic carbocycles. The van der Waals surface area contributed by atoms with Gasteiger partial charge in [0.1, 0.15) is 0 Å². The molecule has 0 saturated carbocycles. The minimum Gasteiger partial charge on any atom is -0.358 e. The molecule has 2 N–H and O–H groups in total. The van der Waals surface area contributed by atoms with Crippen LogP contribution in [0.3, 0.4) is 0 Å². The number of carbonyl (C=O) groups is 1. The Bertz CT molecular complexity index is 953. The average molecular weight is 337 g/mol. The molecule has 130 valence electrons. The zero-order valence-corrected chi connectivity index (χ0v) is 14.6. The molecule has 1 amide bonds. The highest BCUT2D eigenvalue weighted by atomic mass is 16.1. The summed E-state index contributed by atoms with van der Waals surface area (Å²) in [7, 11) is 0. The summed E-state index contributed by atoms with van der Waals surface area (Å²) in [5, 5.41) is 4.14. The van der Waals surface area contributed by atoms with E-state index in [1.807, 2.05) is 6.07 Å². The first-order valence-electron chi connectivity index (χ1n) is 8.60. The van der Waals surface area contributed by atoms with E-state index in [0.717, 1.165) is 17.5 Å². The summed E-state index contributed by atoms with van der Waals surface area (Å²) < 4.78 is 1.54. The zero-order valence-electron chi connectivity index (χ0n) is 14.6. The summed E-state index contributed by atoms with van der Waals surface area (Å²) in [5.41, 5.74) is 4.64. The van der Waals surface area contributed by atoms with E-state index in [-0.39, 0.29) is 17.9 Å². The number of amides is 1. The molecule has 0 bridgehead atoms. The SMILES string of the molecule is CCc1[nH]c2ccc(CNC(=O)CCn3ccccc3=O)cc2c1C. The molecule has 5 heteroatoms. The molecule has 2 heterocycles. The lowest BCUT2D eigenvalue weighted by Crippen LogP contribution is -2.26. The average Bonchev–Trinajstić information content (AvgIpc) is 2.95. The molecule has 0 unspecified atom stereocenters. The first kappa shape index (κ1) is 17.0. The van der Waals surface area contributed by atoms with Crippen LogP contribution in [0.25, 0.3) is 10.9 Å². The summed E-state index contributed by atoms with van der Waals surface area (Å²) in [5.74, 6) is -0.0594. The van der Waals surface area contributed by atoms with Gasteiger partial charge in [-0.15, -0.1) is 0 Å². The highest BCUT2D eigenvalue weighted by Gasteiger charge is 2.08. The fourth-order valence-electron chi connectivity index (χ4n) is 3.05. The fourth-order valence-corrected chi connectivity index (χ4v) is 3.05. The molecule has 0 atom stereocenters. The Kier molecular flexibility index (Phi) is 5.03. The molecular weight excluding hydrogens is 314 g/mol. The van der Waals surface area contributed by atoms with Gasteiger partial charge in [-0.2, -0.15) is 0 Å². The van der Waals surface area contributed by atoms with Crippen molar-refractivity contribution in [1.29, 1.82) is 0 Å². The molecule has 0 fully saturated rings. The Morgan fingerprint density at radius 1 is 1.24 bits per heavy atom. The number of nitrogens with zero attached hydrogens (tertiary/aromatic N) is 1. The Labute approximate surface area is 146 Å². The van der Waals surface area contributed by atoms with Crippen molar-refractivity contribution in [3.05, 3.63) is 69.8 Å². The summed E-state index contributed by atoms with van der Waals surface area (Å²) in [4.78, 5) is 27.1. The van der Waals surface area contributed by atoms with Gasteiger partial charge in [0.2, 0.25) is 5.91 Å². The van der Waals surface area contributed by atoms with Crippen molar-refractivity contribution in [2.45, 2.75) is 39.8 Å². The molecule has 0 radical (unpaired) electrons. The molecular formula is C20H23N3O2. The van der Waals surface area contributed by atoms with Gasteiger partial charge < -0.3 is 14.9 Å². The number of pyridine rings is 1. The number of carbonyl (C=O) groups excluding carboxylic acids is 1. The molecule has 3 rings (SSSR count). The Morgan fingerprint density at radius 3 is 2.84 bits per heavy atom. The van der Waals surface area contributed by atoms with Gasteiger partial charge in [-0.25, -0.2) is 0 Å². The van der Waals surface area contributed by atoms with E-state index in [4.69, 9.17) is 0 Å². The topological polar surface area (TPSA) is 66.9 Å². The maximum Gasteiger partial charge on any atom is 0.250 e. The van der Waals surface area contributed by atoms with Crippen molar-refractivity contribution in [1.82, 2.24) is 14.9 Å². The Hall–Kier alpha value is -2.82. The molecule has 0 aliphatic carbocycles. The van der Waals surface area contributed by atoms with Crippen LogP contribution in [0, 0.1) is 6.92 Å². The van der Waals surface area contributed by atoms with Crippen LogP contribution in [-0.2, 0) is 24.3 Å². The fraction of sp³-hybridized carbons (Fsp3) is 0.300. The van der Waals surface area contributed by atoms with Gasteiger partial charge in [-0.3, -0.25) is 9.59 Å². The van der Waals surface area contributed by atoms with Crippen molar-refractivity contribution in [2.24, 2.45) is 0 Å². The molecule has 2 aromatic heterocycles. The Balaban J connectivity index is 1.60. The first-order valence-corrected chi connectivity index (χ1v) is 8.60. The smallest absolute Gasteiger partial charge is 0.250 e. The van der Waals surface area contributed by atoms with Gasteiger partial charge in [0.25, 0.3) is 5.56 Å². The Morgan fingerprint density at radius 2 is 2.08 bits per heavy atom. The lowest BCUT2D eigenvalue weighted by atomic mass is 10.1. The number of aromatic nitrogens is 2. The van der Waals surface area contributed by atoms with Crippen LogP contribution in [0.4, 0.5) is 0 Å². The quantitative estimate of drug-likeness (QED) is 0.726. The summed E-state index contributed by atoms with van der Waals surface area (Å²) in [6, 6.07) is 11.2. The van der Waals surface area contributed by atoms with E-state index < -0.39 is 0 Å². The lowest BCUT2D eigenvalue weighted by molar-refractivity contribution is -0.121. The first-order chi connectivity index (χ1) is 12.1. The molecule has 5 nitrogen and oxygen atoms in total. The van der Waals surface area contributed by atoms with Crippen molar-refractivity contribution < 1.29 is 4.79 Å². The van der Waals surface area contributed by atoms with Crippen molar-refractivity contribution in [3.8, 4) is 0 Å². The van der Waals surface area contributed by atoms with Crippen LogP contribution in [-0.4, -0.2) is 15.5 Å². The van der Waals surface area contributed by atoms with E-state index >= 15 is 0 Å². The van der Waals surface area contributed by atoms with E-state index in [1.54, 1.807) is 22.9 Å². The second-order valence-electron chi connectivity index (χ2n) is 6.22. The predicted octanol–water partition coefficient (Wildman–Crippen LogP) is 2.91. The minimum atomic E-state index is -0.0876. The highest BCUT2D eigenvalue weighted by Crippen LogP contribution is 2.23. The van der Waals surface area contributed by atoms with Crippen LogP contribution >= 0.6 is 0 Å².